The molecule has 0 aromatic heterocycles. The number of hydrogen-bond acceptors (Lipinski definition) is 4. The van der Waals surface area contributed by atoms with E-state index in [9.17, 15) is 13.2 Å². The normalized spacial score (nSPS) is 13.1. The van der Waals surface area contributed by atoms with Crippen LogP contribution in [-0.4, -0.2) is 24.7 Å². The van der Waals surface area contributed by atoms with Gasteiger partial charge < -0.3 is 10.8 Å². The molecular formula is C9H11ClN2O4S. The van der Waals surface area contributed by atoms with Crippen molar-refractivity contribution in [2.75, 3.05) is 10.5 Å². The second kappa shape index (κ2) is 4.80. The molecule has 1 rings (SSSR count). The number of nitrogens with two attached hydrogens (primary N) is 1. The van der Waals surface area contributed by atoms with Gasteiger partial charge in [0.2, 0.25) is 10.0 Å². The molecule has 0 aliphatic heterocycles. The lowest BCUT2D eigenvalue weighted by atomic mass is 10.3. The molecule has 0 aliphatic carbocycles. The smallest absolute Gasteiger partial charge is 0.323 e. The van der Waals surface area contributed by atoms with Crippen molar-refractivity contribution >= 4 is 39.0 Å². The van der Waals surface area contributed by atoms with E-state index in [0.717, 1.165) is 6.92 Å². The second-order valence-corrected chi connectivity index (χ2v) is 5.78. The van der Waals surface area contributed by atoms with Crippen LogP contribution < -0.4 is 10.5 Å². The maximum atomic E-state index is 11.6. The average molecular weight is 279 g/mol. The van der Waals surface area contributed by atoms with Crippen LogP contribution in [0.25, 0.3) is 0 Å². The lowest BCUT2D eigenvalue weighted by Gasteiger charge is -2.12. The highest BCUT2D eigenvalue weighted by Gasteiger charge is 2.28. The minimum atomic E-state index is -4.04. The molecule has 0 aliphatic rings. The number of carboxylic acids is 1. The van der Waals surface area contributed by atoms with Crippen LogP contribution >= 0.6 is 11.6 Å². The molecule has 0 bridgehead atoms. The van der Waals surface area contributed by atoms with E-state index in [4.69, 9.17) is 22.4 Å². The van der Waals surface area contributed by atoms with Crippen molar-refractivity contribution in [3.8, 4) is 0 Å². The molecule has 0 fully saturated rings. The third-order valence-electron chi connectivity index (χ3n) is 2.06. The van der Waals surface area contributed by atoms with Gasteiger partial charge >= 0.3 is 5.97 Å². The van der Waals surface area contributed by atoms with Gasteiger partial charge in [-0.15, -0.1) is 0 Å². The summed E-state index contributed by atoms with van der Waals surface area (Å²) in [6.45, 7) is 1.06. The van der Waals surface area contributed by atoms with E-state index in [0.29, 0.717) is 5.69 Å². The Labute approximate surface area is 103 Å². The van der Waals surface area contributed by atoms with Gasteiger partial charge in [0, 0.05) is 5.69 Å². The van der Waals surface area contributed by atoms with E-state index in [1.807, 2.05) is 0 Å². The van der Waals surface area contributed by atoms with Gasteiger partial charge in [-0.25, -0.2) is 8.42 Å². The number of hydrogen-bond donors (Lipinski definition) is 3. The summed E-state index contributed by atoms with van der Waals surface area (Å²) in [6.07, 6.45) is 0. The molecule has 0 saturated heterocycles. The van der Waals surface area contributed by atoms with Crippen LogP contribution in [0.15, 0.2) is 18.2 Å². The standard InChI is InChI=1S/C9H11ClN2O4S/c1-5(9(13)14)17(15,16)12-8-4-6(11)2-3-7(8)10/h2-5,12H,11H2,1H3,(H,13,14). The first-order valence-electron chi connectivity index (χ1n) is 4.53. The molecule has 0 saturated carbocycles. The molecule has 94 valence electrons. The molecule has 17 heavy (non-hydrogen) atoms. The fourth-order valence-corrected chi connectivity index (χ4v) is 2.13. The first kappa shape index (κ1) is 13.6. The van der Waals surface area contributed by atoms with Crippen molar-refractivity contribution < 1.29 is 18.3 Å². The molecule has 0 spiro atoms. The van der Waals surface area contributed by atoms with Gasteiger partial charge in [0.15, 0.2) is 5.25 Å². The Morgan fingerprint density at radius 3 is 2.65 bits per heavy atom. The fourth-order valence-electron chi connectivity index (χ4n) is 0.995. The Hall–Kier alpha value is -1.47. The summed E-state index contributed by atoms with van der Waals surface area (Å²) in [4.78, 5) is 10.6. The maximum absolute atomic E-state index is 11.6. The number of carbonyl (C=O) groups is 1. The van der Waals surface area contributed by atoms with E-state index in [1.54, 1.807) is 0 Å². The van der Waals surface area contributed by atoms with Gasteiger partial charge in [-0.05, 0) is 25.1 Å². The molecule has 1 unspecified atom stereocenters. The summed E-state index contributed by atoms with van der Waals surface area (Å²) in [5.74, 6) is -1.45. The predicted octanol–water partition coefficient (Wildman–Crippen LogP) is 1.14. The summed E-state index contributed by atoms with van der Waals surface area (Å²) in [5.41, 5.74) is 5.84. The van der Waals surface area contributed by atoms with Crippen LogP contribution in [0.1, 0.15) is 6.92 Å². The largest absolute Gasteiger partial charge is 0.480 e. The molecule has 4 N–H and O–H groups in total. The van der Waals surface area contributed by atoms with Gasteiger partial charge in [0.25, 0.3) is 0 Å². The number of nitrogen functional groups attached to an aromatic ring is 1. The molecule has 1 aromatic rings. The third kappa shape index (κ3) is 3.24. The Morgan fingerprint density at radius 1 is 1.53 bits per heavy atom. The first-order chi connectivity index (χ1) is 7.74. The van der Waals surface area contributed by atoms with Crippen molar-refractivity contribution in [1.82, 2.24) is 0 Å². The van der Waals surface area contributed by atoms with Crippen LogP contribution in [-0.2, 0) is 14.8 Å². The van der Waals surface area contributed by atoms with E-state index < -0.39 is 21.2 Å². The summed E-state index contributed by atoms with van der Waals surface area (Å²) >= 11 is 5.76. The second-order valence-electron chi connectivity index (χ2n) is 3.37. The average Bonchev–Trinajstić information content (AvgIpc) is 2.21. The Morgan fingerprint density at radius 2 is 2.12 bits per heavy atom. The maximum Gasteiger partial charge on any atom is 0.323 e. The molecule has 6 nitrogen and oxygen atoms in total. The van der Waals surface area contributed by atoms with Crippen molar-refractivity contribution in [2.45, 2.75) is 12.2 Å². The zero-order chi connectivity index (χ0) is 13.2. The van der Waals surface area contributed by atoms with Gasteiger partial charge in [0.05, 0.1) is 10.7 Å². The third-order valence-corrected chi connectivity index (χ3v) is 4.02. The molecule has 1 aromatic carbocycles. The molecular weight excluding hydrogens is 268 g/mol. The van der Waals surface area contributed by atoms with Crippen LogP contribution in [0, 0.1) is 0 Å². The number of nitrogens with one attached hydrogen (secondary N) is 1. The highest BCUT2D eigenvalue weighted by atomic mass is 35.5. The molecule has 1 atom stereocenters. The number of rotatable bonds is 4. The first-order valence-corrected chi connectivity index (χ1v) is 6.46. The number of anilines is 2. The highest BCUT2D eigenvalue weighted by molar-refractivity contribution is 7.94. The Kier molecular flexibility index (Phi) is 3.84. The number of halogens is 1. The number of aliphatic carboxylic acids is 1. The molecule has 0 heterocycles. The van der Waals surface area contributed by atoms with Crippen molar-refractivity contribution in [3.05, 3.63) is 23.2 Å². The van der Waals surface area contributed by atoms with Gasteiger partial charge in [-0.1, -0.05) is 11.6 Å². The zero-order valence-electron chi connectivity index (χ0n) is 8.84. The zero-order valence-corrected chi connectivity index (χ0v) is 10.4. The summed E-state index contributed by atoms with van der Waals surface area (Å²) < 4.78 is 25.3. The van der Waals surface area contributed by atoms with E-state index in [2.05, 4.69) is 4.72 Å². The minimum absolute atomic E-state index is 0.0553. The van der Waals surface area contributed by atoms with Gasteiger partial charge in [-0.3, -0.25) is 9.52 Å². The van der Waals surface area contributed by atoms with Crippen molar-refractivity contribution in [3.63, 3.8) is 0 Å². The molecule has 8 heteroatoms. The summed E-state index contributed by atoms with van der Waals surface area (Å²) in [7, 11) is -4.04. The summed E-state index contributed by atoms with van der Waals surface area (Å²) in [6, 6.07) is 4.23. The Balaban J connectivity index is 3.06. The van der Waals surface area contributed by atoms with Crippen LogP contribution in [0.3, 0.4) is 0 Å². The minimum Gasteiger partial charge on any atom is -0.480 e. The van der Waals surface area contributed by atoms with Gasteiger partial charge in [0.1, 0.15) is 0 Å². The van der Waals surface area contributed by atoms with Crippen LogP contribution in [0.4, 0.5) is 11.4 Å². The van der Waals surface area contributed by atoms with Crippen molar-refractivity contribution in [2.24, 2.45) is 0 Å². The number of benzene rings is 1. The summed E-state index contributed by atoms with van der Waals surface area (Å²) in [5, 5.41) is 7.20. The molecule has 0 amide bonds. The lowest BCUT2D eigenvalue weighted by Crippen LogP contribution is -2.32. The van der Waals surface area contributed by atoms with E-state index >= 15 is 0 Å². The number of sulfonamides is 1. The van der Waals surface area contributed by atoms with E-state index in [-0.39, 0.29) is 10.7 Å². The molecule has 0 radical (unpaired) electrons. The van der Waals surface area contributed by atoms with Crippen LogP contribution in [0.5, 0.6) is 0 Å². The van der Waals surface area contributed by atoms with Crippen LogP contribution in [0.2, 0.25) is 5.02 Å². The quantitative estimate of drug-likeness (QED) is 0.715. The monoisotopic (exact) mass is 278 g/mol. The topological polar surface area (TPSA) is 109 Å². The predicted molar refractivity (Wildman–Crippen MR) is 65.5 cm³/mol. The highest BCUT2D eigenvalue weighted by Crippen LogP contribution is 2.25. The SMILES string of the molecule is CC(C(=O)O)S(=O)(=O)Nc1cc(N)ccc1Cl. The lowest BCUT2D eigenvalue weighted by molar-refractivity contribution is -0.136. The Bertz CT molecular complexity index is 544. The van der Waals surface area contributed by atoms with E-state index in [1.165, 1.54) is 18.2 Å². The number of carboxylic acid groups (broad SMARTS) is 1. The fraction of sp³-hybridized carbons (Fsp3) is 0.222. The van der Waals surface area contributed by atoms with Gasteiger partial charge in [-0.2, -0.15) is 0 Å². The van der Waals surface area contributed by atoms with Crippen molar-refractivity contribution in [1.29, 1.82) is 0 Å².